The molecular weight excluding hydrogens is 471 g/mol. The Balaban J connectivity index is 2.24. The van der Waals surface area contributed by atoms with E-state index in [4.69, 9.17) is 16.7 Å². The van der Waals surface area contributed by atoms with Crippen molar-refractivity contribution < 1.29 is 21.6 Å². The second-order valence-electron chi connectivity index (χ2n) is 5.47. The van der Waals surface area contributed by atoms with Crippen molar-refractivity contribution in [1.29, 1.82) is 0 Å². The SMILES string of the molecule is NS(=O)(=O)c1ccc(-n2nc(C(F)(F)F)c(Cl)c2-c2ccc(Br)cc2)cc1. The topological polar surface area (TPSA) is 78.0 Å². The number of nitrogens with zero attached hydrogens (tertiary/aromatic N) is 2. The molecule has 2 aromatic carbocycles. The number of alkyl halides is 3. The maximum atomic E-state index is 13.3. The minimum absolute atomic E-state index is 0.0276. The largest absolute Gasteiger partial charge is 0.436 e. The monoisotopic (exact) mass is 479 g/mol. The third kappa shape index (κ3) is 4.03. The molecule has 0 radical (unpaired) electrons. The summed E-state index contributed by atoms with van der Waals surface area (Å²) in [6.07, 6.45) is -4.76. The van der Waals surface area contributed by atoms with Crippen molar-refractivity contribution in [2.24, 2.45) is 5.14 Å². The molecule has 0 spiro atoms. The van der Waals surface area contributed by atoms with Crippen molar-refractivity contribution in [1.82, 2.24) is 9.78 Å². The molecule has 0 aliphatic rings. The Bertz CT molecular complexity index is 1100. The minimum Gasteiger partial charge on any atom is -0.231 e. The Kier molecular flexibility index (Phi) is 5.10. The van der Waals surface area contributed by atoms with Crippen LogP contribution in [0.4, 0.5) is 13.2 Å². The molecule has 3 rings (SSSR count). The molecule has 1 aromatic heterocycles. The van der Waals surface area contributed by atoms with Crippen LogP contribution in [0.25, 0.3) is 16.9 Å². The Morgan fingerprint density at radius 3 is 2.07 bits per heavy atom. The van der Waals surface area contributed by atoms with Crippen LogP contribution in [0, 0.1) is 0 Å². The number of aromatic nitrogens is 2. The standard InChI is InChI=1S/C16H10BrClF3N3O2S/c17-10-3-1-9(2-4-10)14-13(18)15(16(19,20)21)23-24(14)11-5-7-12(8-6-11)27(22,25)26/h1-8H,(H2,22,25,26). The number of sulfonamides is 1. The van der Waals surface area contributed by atoms with Crippen LogP contribution < -0.4 is 5.14 Å². The van der Waals surface area contributed by atoms with E-state index in [1.54, 1.807) is 24.3 Å². The summed E-state index contributed by atoms with van der Waals surface area (Å²) < 4.78 is 64.4. The summed E-state index contributed by atoms with van der Waals surface area (Å²) in [5.41, 5.74) is -0.614. The maximum Gasteiger partial charge on any atom is 0.436 e. The maximum absolute atomic E-state index is 13.3. The average molecular weight is 481 g/mol. The molecule has 0 bridgehead atoms. The Labute approximate surface area is 165 Å². The van der Waals surface area contributed by atoms with Crippen molar-refractivity contribution in [3.63, 3.8) is 0 Å². The van der Waals surface area contributed by atoms with Crippen molar-refractivity contribution in [3.05, 3.63) is 63.7 Å². The highest BCUT2D eigenvalue weighted by molar-refractivity contribution is 9.10. The highest BCUT2D eigenvalue weighted by atomic mass is 79.9. The molecule has 5 nitrogen and oxygen atoms in total. The molecule has 27 heavy (non-hydrogen) atoms. The van der Waals surface area contributed by atoms with Crippen molar-refractivity contribution in [2.75, 3.05) is 0 Å². The Morgan fingerprint density at radius 2 is 1.59 bits per heavy atom. The van der Waals surface area contributed by atoms with Gasteiger partial charge < -0.3 is 0 Å². The first kappa shape index (κ1) is 19.9. The van der Waals surface area contributed by atoms with Gasteiger partial charge in [0.2, 0.25) is 10.0 Å². The highest BCUT2D eigenvalue weighted by Gasteiger charge is 2.39. The summed E-state index contributed by atoms with van der Waals surface area (Å²) >= 11 is 9.27. The Hall–Kier alpha value is -1.88. The predicted octanol–water partition coefficient (Wildman–Crippen LogP) is 4.62. The third-order valence-corrected chi connectivity index (χ3v) is 5.44. The lowest BCUT2D eigenvalue weighted by atomic mass is 10.1. The van der Waals surface area contributed by atoms with E-state index < -0.39 is 26.9 Å². The average Bonchev–Trinajstić information content (AvgIpc) is 2.92. The first-order chi connectivity index (χ1) is 12.5. The van der Waals surface area contributed by atoms with Gasteiger partial charge in [-0.05, 0) is 36.4 Å². The van der Waals surface area contributed by atoms with E-state index >= 15 is 0 Å². The zero-order chi connectivity index (χ0) is 20.0. The quantitative estimate of drug-likeness (QED) is 0.594. The fraction of sp³-hybridized carbons (Fsp3) is 0.0625. The normalized spacial score (nSPS) is 12.4. The van der Waals surface area contributed by atoms with Gasteiger partial charge in [0.15, 0.2) is 5.69 Å². The molecule has 0 aliphatic carbocycles. The van der Waals surface area contributed by atoms with Gasteiger partial charge in [-0.3, -0.25) is 0 Å². The lowest BCUT2D eigenvalue weighted by molar-refractivity contribution is -0.141. The van der Waals surface area contributed by atoms with Gasteiger partial charge in [-0.1, -0.05) is 39.7 Å². The lowest BCUT2D eigenvalue weighted by Gasteiger charge is -2.09. The van der Waals surface area contributed by atoms with Gasteiger partial charge in [0, 0.05) is 10.0 Å². The summed E-state index contributed by atoms with van der Waals surface area (Å²) in [5, 5.41) is 8.10. The van der Waals surface area contributed by atoms with E-state index in [0.29, 0.717) is 5.56 Å². The summed E-state index contributed by atoms with van der Waals surface area (Å²) in [5.74, 6) is 0. The van der Waals surface area contributed by atoms with E-state index in [-0.39, 0.29) is 16.3 Å². The first-order valence-corrected chi connectivity index (χ1v) is 9.95. The molecule has 0 atom stereocenters. The molecule has 0 saturated carbocycles. The number of halogens is 5. The van der Waals surface area contributed by atoms with Crippen LogP contribution >= 0.6 is 27.5 Å². The van der Waals surface area contributed by atoms with Gasteiger partial charge in [0.05, 0.1) is 21.3 Å². The first-order valence-electron chi connectivity index (χ1n) is 7.23. The smallest absolute Gasteiger partial charge is 0.231 e. The molecule has 2 N–H and O–H groups in total. The van der Waals surface area contributed by atoms with Crippen LogP contribution in [0.3, 0.4) is 0 Å². The molecule has 0 aliphatic heterocycles. The zero-order valence-electron chi connectivity index (χ0n) is 13.2. The lowest BCUT2D eigenvalue weighted by Crippen LogP contribution is -2.12. The molecule has 0 fully saturated rings. The van der Waals surface area contributed by atoms with Gasteiger partial charge >= 0.3 is 6.18 Å². The molecule has 3 aromatic rings. The molecule has 0 unspecified atom stereocenters. The van der Waals surface area contributed by atoms with Crippen LogP contribution in [0.1, 0.15) is 5.69 Å². The minimum atomic E-state index is -4.76. The third-order valence-electron chi connectivity index (χ3n) is 3.62. The van der Waals surface area contributed by atoms with Gasteiger partial charge in [-0.25, -0.2) is 18.2 Å². The van der Waals surface area contributed by atoms with Crippen molar-refractivity contribution in [3.8, 4) is 16.9 Å². The summed E-state index contributed by atoms with van der Waals surface area (Å²) in [4.78, 5) is -0.175. The Morgan fingerprint density at radius 1 is 1.04 bits per heavy atom. The summed E-state index contributed by atoms with van der Waals surface area (Å²) in [7, 11) is -3.94. The molecule has 11 heteroatoms. The van der Waals surface area contributed by atoms with E-state index in [1.807, 2.05) is 0 Å². The number of benzene rings is 2. The number of hydrogen-bond acceptors (Lipinski definition) is 3. The van der Waals surface area contributed by atoms with Gasteiger partial charge in [0.1, 0.15) is 0 Å². The fourth-order valence-electron chi connectivity index (χ4n) is 2.40. The summed E-state index contributed by atoms with van der Waals surface area (Å²) in [6.45, 7) is 0. The van der Waals surface area contributed by atoms with Crippen LogP contribution in [-0.4, -0.2) is 18.2 Å². The second-order valence-corrected chi connectivity index (χ2v) is 8.32. The van der Waals surface area contributed by atoms with Crippen LogP contribution in [0.15, 0.2) is 57.9 Å². The molecule has 0 amide bonds. The van der Waals surface area contributed by atoms with E-state index in [2.05, 4.69) is 21.0 Å². The van der Waals surface area contributed by atoms with Crippen molar-refractivity contribution >= 4 is 37.6 Å². The number of rotatable bonds is 3. The van der Waals surface area contributed by atoms with E-state index in [0.717, 1.165) is 9.15 Å². The van der Waals surface area contributed by atoms with Crippen LogP contribution in [0.2, 0.25) is 5.02 Å². The predicted molar refractivity (Wildman–Crippen MR) is 98.1 cm³/mol. The van der Waals surface area contributed by atoms with E-state index in [9.17, 15) is 21.6 Å². The van der Waals surface area contributed by atoms with Crippen LogP contribution in [0.5, 0.6) is 0 Å². The number of nitrogens with two attached hydrogens (primary N) is 1. The molecule has 1 heterocycles. The number of hydrogen-bond donors (Lipinski definition) is 1. The fourth-order valence-corrected chi connectivity index (χ4v) is 3.51. The molecular formula is C16H10BrClF3N3O2S. The van der Waals surface area contributed by atoms with E-state index in [1.165, 1.54) is 24.3 Å². The highest BCUT2D eigenvalue weighted by Crippen LogP contribution is 2.41. The van der Waals surface area contributed by atoms with Crippen molar-refractivity contribution in [2.45, 2.75) is 11.1 Å². The summed E-state index contributed by atoms with van der Waals surface area (Å²) in [6, 6.07) is 11.4. The zero-order valence-corrected chi connectivity index (χ0v) is 16.4. The second kappa shape index (κ2) is 6.93. The van der Waals surface area contributed by atoms with Gasteiger partial charge in [-0.15, -0.1) is 0 Å². The van der Waals surface area contributed by atoms with Crippen LogP contribution in [-0.2, 0) is 16.2 Å². The molecule has 142 valence electrons. The number of primary sulfonamides is 1. The molecule has 0 saturated heterocycles. The van der Waals surface area contributed by atoms with Gasteiger partial charge in [0.25, 0.3) is 0 Å². The van der Waals surface area contributed by atoms with Gasteiger partial charge in [-0.2, -0.15) is 18.3 Å².